The number of thiophene rings is 1. The molecule has 1 aromatic carbocycles. The van der Waals surface area contributed by atoms with Crippen molar-refractivity contribution in [2.24, 2.45) is 5.84 Å². The van der Waals surface area contributed by atoms with Gasteiger partial charge in [0.05, 0.1) is 22.9 Å². The fourth-order valence-electron chi connectivity index (χ4n) is 2.35. The van der Waals surface area contributed by atoms with Crippen LogP contribution in [-0.2, 0) is 0 Å². The molecule has 1 unspecified atom stereocenters. The Hall–Kier alpha value is -1.95. The van der Waals surface area contributed by atoms with E-state index in [0.29, 0.717) is 6.61 Å². The van der Waals surface area contributed by atoms with Crippen LogP contribution in [0.5, 0.6) is 5.75 Å². The number of pyridine rings is 1. The number of hydrogen-bond donors (Lipinski definition) is 2. The lowest BCUT2D eigenvalue weighted by Gasteiger charge is -2.17. The van der Waals surface area contributed by atoms with Crippen molar-refractivity contribution in [3.63, 3.8) is 0 Å². The summed E-state index contributed by atoms with van der Waals surface area (Å²) in [7, 11) is 0. The highest BCUT2D eigenvalue weighted by Crippen LogP contribution is 2.28. The number of rotatable bonds is 5. The largest absolute Gasteiger partial charge is 0.494 e. The Labute approximate surface area is 127 Å². The van der Waals surface area contributed by atoms with Gasteiger partial charge in [-0.05, 0) is 47.7 Å². The fraction of sp³-hybridized carbons (Fsp3) is 0.188. The molecule has 1 atom stereocenters. The van der Waals surface area contributed by atoms with Gasteiger partial charge >= 0.3 is 0 Å². The molecule has 3 aromatic rings. The molecular formula is C16H17N3OS. The van der Waals surface area contributed by atoms with Crippen LogP contribution in [0.4, 0.5) is 0 Å². The summed E-state index contributed by atoms with van der Waals surface area (Å²) in [5, 5.41) is 2.04. The number of nitrogens with one attached hydrogen (secondary N) is 1. The van der Waals surface area contributed by atoms with E-state index in [1.165, 1.54) is 0 Å². The SMILES string of the molecule is CCOc1cccc(C(NN)c2cnc3ccsc3c2)c1. The van der Waals surface area contributed by atoms with Crippen molar-refractivity contribution >= 4 is 21.6 Å². The summed E-state index contributed by atoms with van der Waals surface area (Å²) >= 11 is 1.68. The summed E-state index contributed by atoms with van der Waals surface area (Å²) in [4.78, 5) is 4.48. The molecule has 0 spiro atoms. The summed E-state index contributed by atoms with van der Waals surface area (Å²) in [6.07, 6.45) is 1.87. The molecule has 0 fully saturated rings. The predicted octanol–water partition coefficient (Wildman–Crippen LogP) is 3.25. The van der Waals surface area contributed by atoms with E-state index < -0.39 is 0 Å². The number of ether oxygens (including phenoxy) is 1. The second kappa shape index (κ2) is 6.22. The molecule has 0 saturated carbocycles. The molecule has 2 aromatic heterocycles. The van der Waals surface area contributed by atoms with Gasteiger partial charge < -0.3 is 4.74 Å². The zero-order valence-corrected chi connectivity index (χ0v) is 12.6. The summed E-state index contributed by atoms with van der Waals surface area (Å²) in [6.45, 7) is 2.62. The molecule has 4 nitrogen and oxygen atoms in total. The van der Waals surface area contributed by atoms with Crippen molar-refractivity contribution in [2.45, 2.75) is 13.0 Å². The van der Waals surface area contributed by atoms with Gasteiger partial charge in [0.25, 0.3) is 0 Å². The molecule has 0 aliphatic heterocycles. The van der Waals surface area contributed by atoms with Crippen LogP contribution in [0, 0.1) is 0 Å². The van der Waals surface area contributed by atoms with Crippen LogP contribution in [0.2, 0.25) is 0 Å². The summed E-state index contributed by atoms with van der Waals surface area (Å²) in [5.74, 6) is 6.61. The van der Waals surface area contributed by atoms with Gasteiger partial charge in [0, 0.05) is 6.20 Å². The summed E-state index contributed by atoms with van der Waals surface area (Å²) < 4.78 is 6.71. The van der Waals surface area contributed by atoms with Crippen LogP contribution in [0.3, 0.4) is 0 Å². The number of benzene rings is 1. The van der Waals surface area contributed by atoms with E-state index in [4.69, 9.17) is 10.6 Å². The number of aromatic nitrogens is 1. The monoisotopic (exact) mass is 299 g/mol. The maximum absolute atomic E-state index is 5.77. The molecule has 0 bridgehead atoms. The zero-order valence-electron chi connectivity index (χ0n) is 11.7. The van der Waals surface area contributed by atoms with Gasteiger partial charge in [0.1, 0.15) is 5.75 Å². The van der Waals surface area contributed by atoms with Crippen molar-refractivity contribution in [3.8, 4) is 5.75 Å². The number of fused-ring (bicyclic) bond motifs is 1. The van der Waals surface area contributed by atoms with Crippen LogP contribution in [0.1, 0.15) is 24.1 Å². The molecule has 0 aliphatic rings. The Balaban J connectivity index is 1.98. The van der Waals surface area contributed by atoms with Crippen LogP contribution < -0.4 is 16.0 Å². The third-order valence-corrected chi connectivity index (χ3v) is 4.18. The number of hydrogen-bond acceptors (Lipinski definition) is 5. The normalized spacial score (nSPS) is 12.5. The standard InChI is InChI=1S/C16H17N3OS/c1-2-20-13-5-3-4-11(8-13)16(19-17)12-9-15-14(18-10-12)6-7-21-15/h3-10,16,19H,2,17H2,1H3. The first kappa shape index (κ1) is 14.0. The highest BCUT2D eigenvalue weighted by Gasteiger charge is 2.14. The average molecular weight is 299 g/mol. The van der Waals surface area contributed by atoms with Gasteiger partial charge in [-0.25, -0.2) is 5.43 Å². The molecule has 0 radical (unpaired) electrons. The number of nitrogens with zero attached hydrogens (tertiary/aromatic N) is 1. The Morgan fingerprint density at radius 3 is 3.00 bits per heavy atom. The van der Waals surface area contributed by atoms with Crippen LogP contribution in [0.25, 0.3) is 10.2 Å². The average Bonchev–Trinajstić information content (AvgIpc) is 2.96. The minimum absolute atomic E-state index is 0.107. The highest BCUT2D eigenvalue weighted by atomic mass is 32.1. The molecule has 5 heteroatoms. The molecule has 2 heterocycles. The first-order valence-corrected chi connectivity index (χ1v) is 7.72. The molecule has 0 amide bonds. The first-order valence-electron chi connectivity index (χ1n) is 6.84. The second-order valence-corrected chi connectivity index (χ2v) is 5.63. The molecular weight excluding hydrogens is 282 g/mol. The maximum atomic E-state index is 5.77. The van der Waals surface area contributed by atoms with Crippen molar-refractivity contribution < 1.29 is 4.74 Å². The zero-order chi connectivity index (χ0) is 14.7. The Kier molecular flexibility index (Phi) is 4.15. The number of hydrazine groups is 1. The fourth-order valence-corrected chi connectivity index (χ4v) is 3.14. The van der Waals surface area contributed by atoms with Gasteiger partial charge in [0.15, 0.2) is 0 Å². The molecule has 0 aliphatic carbocycles. The van der Waals surface area contributed by atoms with E-state index in [1.807, 2.05) is 48.8 Å². The lowest BCUT2D eigenvalue weighted by molar-refractivity contribution is 0.339. The molecule has 3 rings (SSSR count). The van der Waals surface area contributed by atoms with Crippen molar-refractivity contribution in [3.05, 3.63) is 59.1 Å². The minimum Gasteiger partial charge on any atom is -0.494 e. The summed E-state index contributed by atoms with van der Waals surface area (Å²) in [5.41, 5.74) is 5.99. The Morgan fingerprint density at radius 2 is 2.19 bits per heavy atom. The van der Waals surface area contributed by atoms with E-state index in [-0.39, 0.29) is 6.04 Å². The van der Waals surface area contributed by atoms with E-state index in [1.54, 1.807) is 11.3 Å². The Bertz CT molecular complexity index is 741. The van der Waals surface area contributed by atoms with Gasteiger partial charge in [-0.15, -0.1) is 11.3 Å². The quantitative estimate of drug-likeness (QED) is 0.561. The van der Waals surface area contributed by atoms with E-state index in [0.717, 1.165) is 27.1 Å². The molecule has 108 valence electrons. The van der Waals surface area contributed by atoms with Gasteiger partial charge in [-0.2, -0.15) is 0 Å². The molecule has 3 N–H and O–H groups in total. The van der Waals surface area contributed by atoms with Gasteiger partial charge in [0.2, 0.25) is 0 Å². The van der Waals surface area contributed by atoms with Crippen molar-refractivity contribution in [1.29, 1.82) is 0 Å². The molecule has 21 heavy (non-hydrogen) atoms. The maximum Gasteiger partial charge on any atom is 0.119 e. The molecule has 0 saturated heterocycles. The smallest absolute Gasteiger partial charge is 0.119 e. The van der Waals surface area contributed by atoms with Crippen LogP contribution in [0.15, 0.2) is 48.0 Å². The van der Waals surface area contributed by atoms with Crippen molar-refractivity contribution in [2.75, 3.05) is 6.61 Å². The third kappa shape index (κ3) is 2.90. The third-order valence-electron chi connectivity index (χ3n) is 3.33. The number of nitrogens with two attached hydrogens (primary N) is 1. The van der Waals surface area contributed by atoms with E-state index in [2.05, 4.69) is 16.5 Å². The minimum atomic E-state index is -0.107. The first-order chi connectivity index (χ1) is 10.3. The predicted molar refractivity (Wildman–Crippen MR) is 86.4 cm³/mol. The second-order valence-electron chi connectivity index (χ2n) is 4.68. The lowest BCUT2D eigenvalue weighted by Crippen LogP contribution is -2.28. The van der Waals surface area contributed by atoms with Crippen LogP contribution >= 0.6 is 11.3 Å². The topological polar surface area (TPSA) is 60.2 Å². The van der Waals surface area contributed by atoms with Gasteiger partial charge in [-0.3, -0.25) is 10.8 Å². The lowest BCUT2D eigenvalue weighted by atomic mass is 10.0. The Morgan fingerprint density at radius 1 is 1.29 bits per heavy atom. The van der Waals surface area contributed by atoms with Crippen LogP contribution in [-0.4, -0.2) is 11.6 Å². The van der Waals surface area contributed by atoms with E-state index in [9.17, 15) is 0 Å². The highest BCUT2D eigenvalue weighted by molar-refractivity contribution is 7.17. The van der Waals surface area contributed by atoms with E-state index >= 15 is 0 Å². The van der Waals surface area contributed by atoms with Gasteiger partial charge in [-0.1, -0.05) is 12.1 Å². The van der Waals surface area contributed by atoms with Crippen molar-refractivity contribution in [1.82, 2.24) is 10.4 Å². The summed E-state index contributed by atoms with van der Waals surface area (Å²) in [6, 6.07) is 12.0.